The van der Waals surface area contributed by atoms with Crippen molar-refractivity contribution in [2.75, 3.05) is 18.5 Å². The predicted molar refractivity (Wildman–Crippen MR) is 113 cm³/mol. The van der Waals surface area contributed by atoms with Crippen LogP contribution in [-0.2, 0) is 19.6 Å². The second-order valence-electron chi connectivity index (χ2n) is 6.84. The molecule has 2 aromatic rings. The first kappa shape index (κ1) is 23.4. The van der Waals surface area contributed by atoms with E-state index in [1.54, 1.807) is 52.0 Å². The van der Waals surface area contributed by atoms with Crippen LogP contribution in [0.3, 0.4) is 0 Å². The van der Waals surface area contributed by atoms with Gasteiger partial charge in [-0.15, -0.1) is 0 Å². The Morgan fingerprint density at radius 2 is 1.73 bits per heavy atom. The molecule has 2 N–H and O–H groups in total. The van der Waals surface area contributed by atoms with Gasteiger partial charge in [-0.1, -0.05) is 0 Å². The monoisotopic (exact) mass is 434 g/mol. The summed E-state index contributed by atoms with van der Waals surface area (Å²) in [7, 11) is -3.60. The molecule has 30 heavy (non-hydrogen) atoms. The van der Waals surface area contributed by atoms with Crippen molar-refractivity contribution in [2.24, 2.45) is 0 Å². The smallest absolute Gasteiger partial charge is 0.338 e. The van der Waals surface area contributed by atoms with Crippen molar-refractivity contribution in [3.63, 3.8) is 0 Å². The quantitative estimate of drug-likeness (QED) is 0.587. The number of hydrogen-bond donors (Lipinski definition) is 2. The zero-order chi connectivity index (χ0) is 22.3. The fourth-order valence-electron chi connectivity index (χ4n) is 2.57. The Hall–Kier alpha value is -2.91. The van der Waals surface area contributed by atoms with E-state index in [0.717, 1.165) is 0 Å². The number of rotatable bonds is 9. The molecule has 0 bridgehead atoms. The molecule has 0 unspecified atom stereocenters. The Morgan fingerprint density at radius 1 is 1.07 bits per heavy atom. The van der Waals surface area contributed by atoms with E-state index in [2.05, 4.69) is 10.0 Å². The van der Waals surface area contributed by atoms with Gasteiger partial charge in [0.1, 0.15) is 5.75 Å². The fraction of sp³-hybridized carbons (Fsp3) is 0.333. The van der Waals surface area contributed by atoms with Crippen molar-refractivity contribution < 1.29 is 27.5 Å². The third kappa shape index (κ3) is 6.57. The summed E-state index contributed by atoms with van der Waals surface area (Å²) in [5, 5.41) is 2.67. The molecule has 1 amide bonds. The highest BCUT2D eigenvalue weighted by molar-refractivity contribution is 7.89. The summed E-state index contributed by atoms with van der Waals surface area (Å²) in [5.74, 6) is -0.411. The number of carbonyl (C=O) groups excluding carboxylic acids is 2. The van der Waals surface area contributed by atoms with Crippen LogP contribution in [0, 0.1) is 6.92 Å². The highest BCUT2D eigenvalue weighted by atomic mass is 32.2. The average Bonchev–Trinajstić information content (AvgIpc) is 2.66. The van der Waals surface area contributed by atoms with Gasteiger partial charge < -0.3 is 14.8 Å². The highest BCUT2D eigenvalue weighted by Gasteiger charge is 2.17. The lowest BCUT2D eigenvalue weighted by Crippen LogP contribution is -2.30. The molecule has 2 rings (SSSR count). The zero-order valence-electron chi connectivity index (χ0n) is 17.4. The molecule has 8 nitrogen and oxygen atoms in total. The standard InChI is InChI=1S/C21H26N2O6S/c1-5-28-21(25)16-6-8-17(9-7-16)22-20(24)13-29-19-11-10-18(12-15(19)4)30(26,27)23-14(2)3/h6-12,14,23H,5,13H2,1-4H3,(H,22,24). The number of nitrogens with one attached hydrogen (secondary N) is 2. The number of esters is 1. The fourth-order valence-corrected chi connectivity index (χ4v) is 3.91. The van der Waals surface area contributed by atoms with Crippen molar-refractivity contribution >= 4 is 27.6 Å². The second-order valence-corrected chi connectivity index (χ2v) is 8.55. The van der Waals surface area contributed by atoms with Crippen molar-refractivity contribution in [1.82, 2.24) is 4.72 Å². The summed E-state index contributed by atoms with van der Waals surface area (Å²) in [4.78, 5) is 23.9. The number of sulfonamides is 1. The van der Waals surface area contributed by atoms with Crippen LogP contribution in [-0.4, -0.2) is 39.5 Å². The van der Waals surface area contributed by atoms with E-state index in [1.807, 2.05) is 0 Å². The topological polar surface area (TPSA) is 111 Å². The van der Waals surface area contributed by atoms with Gasteiger partial charge in [0.15, 0.2) is 6.61 Å². The molecule has 0 saturated heterocycles. The first-order valence-corrected chi connectivity index (χ1v) is 10.9. The Kier molecular flexibility index (Phi) is 7.96. The molecule has 0 fully saturated rings. The van der Waals surface area contributed by atoms with Gasteiger partial charge in [0, 0.05) is 11.7 Å². The first-order chi connectivity index (χ1) is 14.1. The van der Waals surface area contributed by atoms with Crippen LogP contribution in [0.5, 0.6) is 5.75 Å². The lowest BCUT2D eigenvalue weighted by molar-refractivity contribution is -0.118. The summed E-state index contributed by atoms with van der Waals surface area (Å²) in [5.41, 5.74) is 1.49. The third-order valence-corrected chi connectivity index (χ3v) is 5.54. The molecule has 2 aromatic carbocycles. The number of benzene rings is 2. The van der Waals surface area contributed by atoms with E-state index >= 15 is 0 Å². The van der Waals surface area contributed by atoms with Gasteiger partial charge in [-0.05, 0) is 75.7 Å². The number of aryl methyl sites for hydroxylation is 1. The number of amides is 1. The molecule has 9 heteroatoms. The normalized spacial score (nSPS) is 11.2. The Labute approximate surface area is 176 Å². The molecule has 0 spiro atoms. The predicted octanol–water partition coefficient (Wildman–Crippen LogP) is 2.88. The molecule has 0 saturated carbocycles. The van der Waals surface area contributed by atoms with Crippen LogP contribution in [0.1, 0.15) is 36.7 Å². The molecule has 0 aliphatic heterocycles. The van der Waals surface area contributed by atoms with Gasteiger partial charge in [0.05, 0.1) is 17.1 Å². The third-order valence-electron chi connectivity index (χ3n) is 3.89. The minimum absolute atomic E-state index is 0.132. The Bertz CT molecular complexity index is 1000. The highest BCUT2D eigenvalue weighted by Crippen LogP contribution is 2.22. The van der Waals surface area contributed by atoms with Crippen molar-refractivity contribution in [2.45, 2.75) is 38.6 Å². The minimum Gasteiger partial charge on any atom is -0.483 e. The van der Waals surface area contributed by atoms with Crippen LogP contribution in [0.15, 0.2) is 47.4 Å². The molecular formula is C21H26N2O6S. The van der Waals surface area contributed by atoms with E-state index < -0.39 is 21.9 Å². The molecule has 0 heterocycles. The summed E-state index contributed by atoms with van der Waals surface area (Å²) in [6.45, 7) is 6.95. The number of ether oxygens (including phenoxy) is 2. The van der Waals surface area contributed by atoms with Gasteiger partial charge in [-0.2, -0.15) is 0 Å². The van der Waals surface area contributed by atoms with E-state index in [9.17, 15) is 18.0 Å². The number of carbonyl (C=O) groups is 2. The van der Waals surface area contributed by atoms with E-state index in [-0.39, 0.29) is 24.2 Å². The van der Waals surface area contributed by atoms with Gasteiger partial charge in [-0.3, -0.25) is 4.79 Å². The Morgan fingerprint density at radius 3 is 2.30 bits per heavy atom. The SMILES string of the molecule is CCOC(=O)c1ccc(NC(=O)COc2ccc(S(=O)(=O)NC(C)C)cc2C)cc1. The second kappa shape index (κ2) is 10.2. The van der Waals surface area contributed by atoms with E-state index in [4.69, 9.17) is 9.47 Å². The molecule has 0 atom stereocenters. The lowest BCUT2D eigenvalue weighted by atomic mass is 10.2. The molecule has 0 aromatic heterocycles. The zero-order valence-corrected chi connectivity index (χ0v) is 18.2. The average molecular weight is 435 g/mol. The van der Waals surface area contributed by atoms with Gasteiger partial charge in [0.2, 0.25) is 10.0 Å². The van der Waals surface area contributed by atoms with Gasteiger partial charge in [-0.25, -0.2) is 17.9 Å². The first-order valence-electron chi connectivity index (χ1n) is 9.45. The van der Waals surface area contributed by atoms with Crippen LogP contribution in [0.4, 0.5) is 5.69 Å². The molecule has 0 aliphatic rings. The molecule has 0 aliphatic carbocycles. The summed E-state index contributed by atoms with van der Waals surface area (Å²) < 4.78 is 37.4. The van der Waals surface area contributed by atoms with Crippen LogP contribution in [0.2, 0.25) is 0 Å². The van der Waals surface area contributed by atoms with Crippen LogP contribution >= 0.6 is 0 Å². The number of hydrogen-bond acceptors (Lipinski definition) is 6. The van der Waals surface area contributed by atoms with Crippen LogP contribution < -0.4 is 14.8 Å². The van der Waals surface area contributed by atoms with Crippen molar-refractivity contribution in [1.29, 1.82) is 0 Å². The summed E-state index contributed by atoms with van der Waals surface area (Å²) >= 11 is 0. The molecule has 0 radical (unpaired) electrons. The van der Waals surface area contributed by atoms with E-state index in [0.29, 0.717) is 22.6 Å². The summed E-state index contributed by atoms with van der Waals surface area (Å²) in [6, 6.07) is 10.5. The van der Waals surface area contributed by atoms with Crippen molar-refractivity contribution in [3.8, 4) is 5.75 Å². The molecular weight excluding hydrogens is 408 g/mol. The summed E-state index contributed by atoms with van der Waals surface area (Å²) in [6.07, 6.45) is 0. The van der Waals surface area contributed by atoms with Crippen LogP contribution in [0.25, 0.3) is 0 Å². The maximum Gasteiger partial charge on any atom is 0.338 e. The maximum atomic E-state index is 12.2. The Balaban J connectivity index is 1.95. The lowest BCUT2D eigenvalue weighted by Gasteiger charge is -2.13. The van der Waals surface area contributed by atoms with E-state index in [1.165, 1.54) is 18.2 Å². The molecule has 162 valence electrons. The maximum absolute atomic E-state index is 12.2. The van der Waals surface area contributed by atoms with Gasteiger partial charge >= 0.3 is 5.97 Å². The van der Waals surface area contributed by atoms with Gasteiger partial charge in [0.25, 0.3) is 5.91 Å². The minimum atomic E-state index is -3.60. The number of anilines is 1. The van der Waals surface area contributed by atoms with Crippen molar-refractivity contribution in [3.05, 3.63) is 53.6 Å². The largest absolute Gasteiger partial charge is 0.483 e.